The van der Waals surface area contributed by atoms with Gasteiger partial charge in [0.1, 0.15) is 48.1 Å². The molecule has 0 aromatic rings. The SMILES string of the molecule is CN[C@@H]1C(O)[C@@H](OC2C(O)C(O[C@H]3O[C@H](CNCCF)CCC3N)[C@@H](N)C[C@H]2N=C(N)C2(O)CCC2)OCC1(C)O. The molecular weight excluding hydrogens is 543 g/mol. The third-order valence-electron chi connectivity index (χ3n) is 8.82. The number of rotatable bonds is 11. The van der Waals surface area contributed by atoms with E-state index in [0.717, 1.165) is 6.42 Å². The van der Waals surface area contributed by atoms with E-state index in [2.05, 4.69) is 15.6 Å². The molecule has 12 N–H and O–H groups in total. The quantitative estimate of drug-likeness (QED) is 0.0659. The van der Waals surface area contributed by atoms with Gasteiger partial charge in [0, 0.05) is 19.1 Å². The lowest BCUT2D eigenvalue weighted by Crippen LogP contribution is -2.68. The number of halogens is 1. The second-order valence-electron chi connectivity index (χ2n) is 12.1. The van der Waals surface area contributed by atoms with Crippen molar-refractivity contribution in [3.63, 3.8) is 0 Å². The summed E-state index contributed by atoms with van der Waals surface area (Å²) in [5.74, 6) is 0.0310. The smallest absolute Gasteiger partial charge is 0.185 e. The summed E-state index contributed by atoms with van der Waals surface area (Å²) in [6, 6.07) is -2.79. The van der Waals surface area contributed by atoms with Crippen LogP contribution >= 0.6 is 0 Å². The third-order valence-corrected chi connectivity index (χ3v) is 8.82. The zero-order valence-corrected chi connectivity index (χ0v) is 23.9. The lowest BCUT2D eigenvalue weighted by Gasteiger charge is -2.48. The minimum absolute atomic E-state index is 0.0310. The lowest BCUT2D eigenvalue weighted by molar-refractivity contribution is -0.306. The van der Waals surface area contributed by atoms with E-state index in [1.807, 2.05) is 0 Å². The third kappa shape index (κ3) is 7.36. The molecule has 15 heteroatoms. The van der Waals surface area contributed by atoms with E-state index in [4.69, 9.17) is 36.1 Å². The van der Waals surface area contributed by atoms with Crippen LogP contribution in [-0.4, -0.2) is 138 Å². The summed E-state index contributed by atoms with van der Waals surface area (Å²) in [7, 11) is 1.60. The van der Waals surface area contributed by atoms with Gasteiger partial charge in [-0.2, -0.15) is 0 Å². The molecule has 0 spiro atoms. The van der Waals surface area contributed by atoms with E-state index in [1.165, 1.54) is 6.92 Å². The normalized spacial score (nSPS) is 45.3. The average molecular weight is 593 g/mol. The van der Waals surface area contributed by atoms with E-state index in [9.17, 15) is 24.8 Å². The summed E-state index contributed by atoms with van der Waals surface area (Å²) in [5.41, 5.74) is 16.4. The van der Waals surface area contributed by atoms with Crippen LogP contribution in [0.5, 0.6) is 0 Å². The van der Waals surface area contributed by atoms with Gasteiger partial charge in [0.05, 0.1) is 30.8 Å². The number of aliphatic hydroxyl groups excluding tert-OH is 2. The number of amidine groups is 1. The van der Waals surface area contributed by atoms with Gasteiger partial charge in [0.2, 0.25) is 0 Å². The van der Waals surface area contributed by atoms with Crippen molar-refractivity contribution < 1.29 is 43.8 Å². The summed E-state index contributed by atoms with van der Waals surface area (Å²) in [6.07, 6.45) is -3.94. The van der Waals surface area contributed by atoms with Crippen molar-refractivity contribution in [2.45, 2.75) is 124 Å². The van der Waals surface area contributed by atoms with E-state index >= 15 is 0 Å². The van der Waals surface area contributed by atoms with Gasteiger partial charge in [-0.25, -0.2) is 4.39 Å². The molecule has 0 aromatic heterocycles. The number of nitrogens with zero attached hydrogens (tertiary/aromatic N) is 1. The molecule has 0 aromatic carbocycles. The molecule has 0 bridgehead atoms. The Morgan fingerprint density at radius 3 is 2.41 bits per heavy atom. The molecule has 4 rings (SSSR count). The van der Waals surface area contributed by atoms with E-state index in [0.29, 0.717) is 32.2 Å². The predicted molar refractivity (Wildman–Crippen MR) is 146 cm³/mol. The maximum absolute atomic E-state index is 12.5. The van der Waals surface area contributed by atoms with Gasteiger partial charge in [-0.05, 0) is 52.5 Å². The molecule has 2 aliphatic carbocycles. The van der Waals surface area contributed by atoms with E-state index < -0.39 is 79.0 Å². The van der Waals surface area contributed by atoms with Gasteiger partial charge in [-0.15, -0.1) is 0 Å². The topological polar surface area (TPSA) is 232 Å². The zero-order chi connectivity index (χ0) is 29.9. The van der Waals surface area contributed by atoms with Gasteiger partial charge < -0.3 is 67.2 Å². The second-order valence-corrected chi connectivity index (χ2v) is 12.1. The first-order chi connectivity index (χ1) is 19.4. The van der Waals surface area contributed by atoms with Gasteiger partial charge in [0.25, 0.3) is 0 Å². The molecule has 4 fully saturated rings. The number of likely N-dealkylation sites (N-methyl/N-ethyl adjacent to an activating group) is 1. The monoisotopic (exact) mass is 592 g/mol. The average Bonchev–Trinajstić information content (AvgIpc) is 2.90. The molecule has 6 unspecified atom stereocenters. The van der Waals surface area contributed by atoms with Crippen molar-refractivity contribution in [1.82, 2.24) is 10.6 Å². The van der Waals surface area contributed by atoms with Crippen molar-refractivity contribution in [2.75, 3.05) is 33.4 Å². The van der Waals surface area contributed by atoms with Crippen molar-refractivity contribution in [3.05, 3.63) is 0 Å². The maximum Gasteiger partial charge on any atom is 0.185 e. The molecule has 41 heavy (non-hydrogen) atoms. The minimum atomic E-state index is -1.37. The van der Waals surface area contributed by atoms with E-state index in [1.54, 1.807) is 7.05 Å². The standard InChI is InChI=1S/C26H49FN6O8/c1-25(36)12-38-23(18(35)21(25)31-2)41-20-16(33-24(30)26(37)6-3-7-26)10-15(29)19(17(20)34)40-22-14(28)5-4-13(39-22)11-32-9-8-27/h13-23,31-32,34-37H,3-12,28-29H2,1-2H3,(H2,30,33)/t13-,14?,15-,16+,17?,18?,19?,20?,21+,22+,23+,25?/m0/s1. The van der Waals surface area contributed by atoms with Crippen molar-refractivity contribution in [3.8, 4) is 0 Å². The molecule has 2 heterocycles. The number of nitrogens with one attached hydrogen (secondary N) is 2. The highest BCUT2D eigenvalue weighted by molar-refractivity contribution is 5.89. The Labute approximate surface area is 240 Å². The number of aliphatic hydroxyl groups is 4. The number of alkyl halides is 1. The van der Waals surface area contributed by atoms with Crippen LogP contribution in [0.4, 0.5) is 4.39 Å². The van der Waals surface area contributed by atoms with Gasteiger partial charge in [-0.3, -0.25) is 4.99 Å². The van der Waals surface area contributed by atoms with Crippen LogP contribution in [0, 0.1) is 0 Å². The van der Waals surface area contributed by atoms with Crippen molar-refractivity contribution in [2.24, 2.45) is 22.2 Å². The molecule has 238 valence electrons. The molecule has 14 nitrogen and oxygen atoms in total. The van der Waals surface area contributed by atoms with Crippen molar-refractivity contribution >= 4 is 5.84 Å². The first kappa shape index (κ1) is 32.8. The Morgan fingerprint density at radius 1 is 1.07 bits per heavy atom. The minimum Gasteiger partial charge on any atom is -0.388 e. The van der Waals surface area contributed by atoms with Crippen LogP contribution < -0.4 is 27.8 Å². The molecule has 2 saturated carbocycles. The number of nitrogens with two attached hydrogens (primary N) is 3. The van der Waals surface area contributed by atoms with Crippen molar-refractivity contribution in [1.29, 1.82) is 0 Å². The number of aliphatic imine (C=N–C) groups is 1. The van der Waals surface area contributed by atoms with Crippen LogP contribution in [0.2, 0.25) is 0 Å². The fourth-order valence-electron chi connectivity index (χ4n) is 6.12. The van der Waals surface area contributed by atoms with E-state index in [-0.39, 0.29) is 31.5 Å². The Morgan fingerprint density at radius 2 is 1.78 bits per heavy atom. The summed E-state index contributed by atoms with van der Waals surface area (Å²) in [5, 5.41) is 49.8. The summed E-state index contributed by atoms with van der Waals surface area (Å²) >= 11 is 0. The van der Waals surface area contributed by atoms with Crippen LogP contribution in [0.1, 0.15) is 45.4 Å². The first-order valence-corrected chi connectivity index (χ1v) is 14.6. The summed E-state index contributed by atoms with van der Waals surface area (Å²) < 4.78 is 36.6. The largest absolute Gasteiger partial charge is 0.388 e. The number of hydrogen-bond acceptors (Lipinski definition) is 13. The molecule has 4 aliphatic rings. The highest BCUT2D eigenvalue weighted by atomic mass is 19.1. The van der Waals surface area contributed by atoms with Crippen LogP contribution in [0.15, 0.2) is 4.99 Å². The number of hydrogen-bond donors (Lipinski definition) is 9. The highest BCUT2D eigenvalue weighted by Crippen LogP contribution is 2.36. The van der Waals surface area contributed by atoms with Crippen LogP contribution in [0.3, 0.4) is 0 Å². The van der Waals surface area contributed by atoms with Gasteiger partial charge in [0.15, 0.2) is 12.6 Å². The summed E-state index contributed by atoms with van der Waals surface area (Å²) in [4.78, 5) is 4.55. The van der Waals surface area contributed by atoms with Crippen LogP contribution in [0.25, 0.3) is 0 Å². The summed E-state index contributed by atoms with van der Waals surface area (Å²) in [6.45, 7) is 1.54. The molecular formula is C26H49FN6O8. The molecule has 2 aliphatic heterocycles. The fourth-order valence-corrected chi connectivity index (χ4v) is 6.12. The van der Waals surface area contributed by atoms with Gasteiger partial charge >= 0.3 is 0 Å². The lowest BCUT2D eigenvalue weighted by atomic mass is 9.78. The molecule has 12 atom stereocenters. The molecule has 0 amide bonds. The van der Waals surface area contributed by atoms with Crippen LogP contribution in [-0.2, 0) is 18.9 Å². The fraction of sp³-hybridized carbons (Fsp3) is 0.962. The second kappa shape index (κ2) is 13.7. The molecule has 0 radical (unpaired) electrons. The van der Waals surface area contributed by atoms with Gasteiger partial charge in [-0.1, -0.05) is 0 Å². The Bertz CT molecular complexity index is 885. The molecule has 2 saturated heterocycles. The maximum atomic E-state index is 12.5. The Kier molecular flexibility index (Phi) is 11.0. The Balaban J connectivity index is 1.53. The highest BCUT2D eigenvalue weighted by Gasteiger charge is 2.52. The zero-order valence-electron chi connectivity index (χ0n) is 23.9. The Hall–Kier alpha value is -1.08. The predicted octanol–water partition coefficient (Wildman–Crippen LogP) is -3.06. The first-order valence-electron chi connectivity index (χ1n) is 14.6. The number of ether oxygens (including phenoxy) is 4.